The molecule has 3 N–H and O–H groups in total. The number of hydrogen-bond acceptors (Lipinski definition) is 12. The van der Waals surface area contributed by atoms with Crippen molar-refractivity contribution in [3.8, 4) is 0 Å². The van der Waals surface area contributed by atoms with Gasteiger partial charge in [-0.05, 0) is 69.9 Å². The van der Waals surface area contributed by atoms with Crippen molar-refractivity contribution >= 4 is 19.8 Å². The van der Waals surface area contributed by atoms with Gasteiger partial charge in [0.2, 0.25) is 0 Å². The summed E-state index contributed by atoms with van der Waals surface area (Å²) in [5, 5.41) is 30.6. The molecule has 0 aliphatic rings. The number of esters is 2. The van der Waals surface area contributed by atoms with Crippen LogP contribution in [0.5, 0.6) is 0 Å². The van der Waals surface area contributed by atoms with Crippen molar-refractivity contribution in [2.45, 2.75) is 187 Å². The number of furan rings is 1. The van der Waals surface area contributed by atoms with Crippen LogP contribution in [0.1, 0.15) is 158 Å². The predicted molar refractivity (Wildman–Crippen MR) is 262 cm³/mol. The number of aryl methyl sites for hydroxylation is 2. The van der Waals surface area contributed by atoms with Gasteiger partial charge in [0, 0.05) is 25.7 Å². The van der Waals surface area contributed by atoms with Gasteiger partial charge < -0.3 is 47.6 Å². The fourth-order valence-electron chi connectivity index (χ4n) is 6.82. The number of quaternary nitrogens is 1. The predicted octanol–water partition coefficient (Wildman–Crippen LogP) is 9.96. The molecule has 1 aromatic rings. The van der Waals surface area contributed by atoms with E-state index < -0.39 is 57.4 Å². The highest BCUT2D eigenvalue weighted by Gasteiger charge is 2.22. The molecular formula is C52H88NO12P. The van der Waals surface area contributed by atoms with Crippen LogP contribution in [0.2, 0.25) is 0 Å². The van der Waals surface area contributed by atoms with Gasteiger partial charge in [0.05, 0.1) is 46.1 Å². The number of aliphatic hydroxyl groups is 3. The third kappa shape index (κ3) is 32.6. The lowest BCUT2D eigenvalue weighted by Crippen LogP contribution is -2.37. The zero-order valence-electron chi connectivity index (χ0n) is 41.7. The Labute approximate surface area is 398 Å². The Balaban J connectivity index is 2.44. The Morgan fingerprint density at radius 1 is 0.697 bits per heavy atom. The van der Waals surface area contributed by atoms with Gasteiger partial charge in [-0.1, -0.05) is 139 Å². The molecule has 14 heteroatoms. The minimum absolute atomic E-state index is 0.0868. The minimum Gasteiger partial charge on any atom is -0.756 e. The van der Waals surface area contributed by atoms with E-state index >= 15 is 0 Å². The van der Waals surface area contributed by atoms with Gasteiger partial charge in [-0.3, -0.25) is 14.2 Å². The average Bonchev–Trinajstić information content (AvgIpc) is 3.53. The molecule has 0 aromatic carbocycles. The first-order valence-corrected chi connectivity index (χ1v) is 26.1. The summed E-state index contributed by atoms with van der Waals surface area (Å²) in [4.78, 5) is 37.8. The number of carbonyl (C=O) groups is 2. The minimum atomic E-state index is -4.74. The molecule has 0 saturated heterocycles. The summed E-state index contributed by atoms with van der Waals surface area (Å²) in [7, 11) is 0.923. The first-order valence-electron chi connectivity index (χ1n) is 24.7. The highest BCUT2D eigenvalue weighted by molar-refractivity contribution is 7.45. The number of rotatable bonds is 40. The number of aliphatic hydroxyl groups excluding tert-OH is 3. The van der Waals surface area contributed by atoms with Crippen LogP contribution < -0.4 is 4.89 Å². The SMILES string of the molecule is CC/C=C\C[C@H](O)/C=C/C=C/C=C\C=C/[C@@H](O)[C@H](O)CCCC(=O)O[C@H](COC(=O)CCCCCCCCCCCCc1oc(CCCCC)c(C)c1C)COP(=O)([O-])OCC[N+](C)(C)C. The fraction of sp³-hybridized carbons (Fsp3) is 0.692. The summed E-state index contributed by atoms with van der Waals surface area (Å²) in [6.45, 7) is 7.94. The second kappa shape index (κ2) is 36.9. The van der Waals surface area contributed by atoms with E-state index in [-0.39, 0.29) is 32.3 Å². The van der Waals surface area contributed by atoms with E-state index in [9.17, 15) is 34.4 Å². The summed E-state index contributed by atoms with van der Waals surface area (Å²) in [5.41, 5.74) is 2.66. The maximum Gasteiger partial charge on any atom is 0.306 e. The van der Waals surface area contributed by atoms with Crippen LogP contribution in [0.15, 0.2) is 65.2 Å². The highest BCUT2D eigenvalue weighted by Crippen LogP contribution is 2.38. The molecule has 1 heterocycles. The van der Waals surface area contributed by atoms with E-state index in [1.54, 1.807) is 42.5 Å². The number of hydrogen-bond donors (Lipinski definition) is 3. The molecule has 0 saturated carbocycles. The fourth-order valence-corrected chi connectivity index (χ4v) is 7.55. The number of likely N-dealkylation sites (N-methyl/N-ethyl adjacent to an activating group) is 1. The topological polar surface area (TPSA) is 185 Å². The van der Waals surface area contributed by atoms with Gasteiger partial charge in [0.15, 0.2) is 6.10 Å². The first-order chi connectivity index (χ1) is 31.5. The maximum absolute atomic E-state index is 12.8. The maximum atomic E-state index is 12.8. The van der Waals surface area contributed by atoms with Crippen molar-refractivity contribution in [1.82, 2.24) is 0 Å². The average molecular weight is 950 g/mol. The third-order valence-corrected chi connectivity index (χ3v) is 12.1. The molecule has 0 aliphatic heterocycles. The standard InChI is InChI=1S/C52H88NO12P/c1-8-10-24-31-45(54)32-26-20-18-19-21-27-33-47(55)48(56)34-30-38-52(58)64-46(42-63-66(59,60)62-40-39-53(5,6)7)41-61-51(57)37-29-23-17-15-13-12-14-16-22-28-36-50-44(4)43(3)49(65-50)35-25-11-9-2/h10,18-21,24,26-27,32-33,45-48,54-56H,8-9,11-17,22-23,25,28-31,34-42H2,1-7H3/b20-18+,21-19-,24-10-,32-26+,33-27-/t45-,46+,47+,48+/m0/s1. The van der Waals surface area contributed by atoms with Gasteiger partial charge >= 0.3 is 11.9 Å². The summed E-state index contributed by atoms with van der Waals surface area (Å²) >= 11 is 0. The molecule has 0 fully saturated rings. The van der Waals surface area contributed by atoms with E-state index in [0.717, 1.165) is 51.4 Å². The highest BCUT2D eigenvalue weighted by atomic mass is 31.2. The smallest absolute Gasteiger partial charge is 0.306 e. The van der Waals surface area contributed by atoms with Crippen molar-refractivity contribution in [1.29, 1.82) is 0 Å². The lowest BCUT2D eigenvalue weighted by Gasteiger charge is -2.28. The molecule has 66 heavy (non-hydrogen) atoms. The Morgan fingerprint density at radius 3 is 1.83 bits per heavy atom. The Bertz CT molecular complexity index is 1640. The monoisotopic (exact) mass is 950 g/mol. The second-order valence-corrected chi connectivity index (χ2v) is 19.7. The zero-order valence-corrected chi connectivity index (χ0v) is 42.6. The lowest BCUT2D eigenvalue weighted by molar-refractivity contribution is -0.870. The van der Waals surface area contributed by atoms with Gasteiger partial charge in [-0.2, -0.15) is 0 Å². The quantitative estimate of drug-likeness (QED) is 0.0141. The van der Waals surface area contributed by atoms with Crippen LogP contribution >= 0.6 is 7.82 Å². The normalized spacial score (nSPS) is 15.4. The number of allylic oxidation sites excluding steroid dienone is 7. The van der Waals surface area contributed by atoms with Crippen LogP contribution in [-0.4, -0.2) is 104 Å². The Hall–Kier alpha value is -3.13. The van der Waals surface area contributed by atoms with Crippen molar-refractivity contribution in [3.63, 3.8) is 0 Å². The molecular weight excluding hydrogens is 862 g/mol. The van der Waals surface area contributed by atoms with Gasteiger partial charge in [0.1, 0.15) is 31.3 Å². The largest absolute Gasteiger partial charge is 0.756 e. The van der Waals surface area contributed by atoms with Crippen LogP contribution in [0, 0.1) is 13.8 Å². The Kier molecular flexibility index (Phi) is 34.0. The summed E-state index contributed by atoms with van der Waals surface area (Å²) in [6.07, 6.45) is 31.6. The molecule has 13 nitrogen and oxygen atoms in total. The summed E-state index contributed by atoms with van der Waals surface area (Å²) < 4.78 is 40.0. The number of phosphoric ester groups is 1. The van der Waals surface area contributed by atoms with E-state index in [2.05, 4.69) is 20.8 Å². The molecule has 5 atom stereocenters. The number of phosphoric acid groups is 1. The van der Waals surface area contributed by atoms with Gasteiger partial charge in [-0.15, -0.1) is 0 Å². The van der Waals surface area contributed by atoms with Crippen molar-refractivity contribution < 1.29 is 61.8 Å². The van der Waals surface area contributed by atoms with E-state index in [1.165, 1.54) is 73.7 Å². The summed E-state index contributed by atoms with van der Waals surface area (Å²) in [6, 6.07) is 0. The van der Waals surface area contributed by atoms with Crippen molar-refractivity contribution in [2.75, 3.05) is 47.5 Å². The first kappa shape index (κ1) is 60.9. The number of nitrogens with zero attached hydrogens (tertiary/aromatic N) is 1. The number of ether oxygens (including phenoxy) is 2. The second-order valence-electron chi connectivity index (χ2n) is 18.2. The van der Waals surface area contributed by atoms with E-state index in [1.807, 2.05) is 40.2 Å². The third-order valence-electron chi connectivity index (χ3n) is 11.1. The molecule has 0 spiro atoms. The summed E-state index contributed by atoms with van der Waals surface area (Å²) in [5.74, 6) is 1.15. The lowest BCUT2D eigenvalue weighted by atomic mass is 10.0. The number of unbranched alkanes of at least 4 members (excludes halogenated alkanes) is 11. The van der Waals surface area contributed by atoms with Crippen molar-refractivity contribution in [2.24, 2.45) is 0 Å². The molecule has 1 aromatic heterocycles. The van der Waals surface area contributed by atoms with E-state index in [0.29, 0.717) is 23.9 Å². The van der Waals surface area contributed by atoms with Gasteiger partial charge in [-0.25, -0.2) is 0 Å². The Morgan fingerprint density at radius 2 is 1.24 bits per heavy atom. The van der Waals surface area contributed by atoms with E-state index in [4.69, 9.17) is 22.9 Å². The van der Waals surface area contributed by atoms with Crippen LogP contribution in [-0.2, 0) is 45.5 Å². The van der Waals surface area contributed by atoms with Crippen LogP contribution in [0.4, 0.5) is 0 Å². The molecule has 1 unspecified atom stereocenters. The van der Waals surface area contributed by atoms with Crippen molar-refractivity contribution in [3.05, 3.63) is 83.4 Å². The molecule has 0 radical (unpaired) electrons. The molecule has 0 aliphatic carbocycles. The molecule has 1 rings (SSSR count). The van der Waals surface area contributed by atoms with Crippen LogP contribution in [0.25, 0.3) is 0 Å². The zero-order chi connectivity index (χ0) is 49.1. The number of carbonyl (C=O) groups excluding carboxylic acids is 2. The molecule has 0 amide bonds. The molecule has 0 bridgehead atoms. The van der Waals surface area contributed by atoms with Gasteiger partial charge in [0.25, 0.3) is 7.82 Å². The van der Waals surface area contributed by atoms with Crippen LogP contribution in [0.3, 0.4) is 0 Å². The molecule has 378 valence electrons.